The summed E-state index contributed by atoms with van der Waals surface area (Å²) in [6.07, 6.45) is 8.19. The molecule has 2 aliphatic rings. The lowest BCUT2D eigenvalue weighted by atomic mass is 9.90. The highest BCUT2D eigenvalue weighted by Gasteiger charge is 2.26. The summed E-state index contributed by atoms with van der Waals surface area (Å²) in [5, 5.41) is 3.96. The maximum absolute atomic E-state index is 3.96. The van der Waals surface area contributed by atoms with Gasteiger partial charge >= 0.3 is 0 Å². The highest BCUT2D eigenvalue weighted by Crippen LogP contribution is 2.21. The molecule has 2 saturated heterocycles. The molecule has 0 amide bonds. The normalized spacial score (nSPS) is 27.9. The van der Waals surface area contributed by atoms with E-state index >= 15 is 0 Å². The second kappa shape index (κ2) is 9.12. The minimum absolute atomic E-state index is 0.687. The molecule has 2 rings (SSSR count). The lowest BCUT2D eigenvalue weighted by molar-refractivity contribution is 0.137. The van der Waals surface area contributed by atoms with E-state index in [-0.39, 0.29) is 0 Å². The fourth-order valence-corrected chi connectivity index (χ4v) is 4.00. The van der Waals surface area contributed by atoms with Crippen molar-refractivity contribution in [3.8, 4) is 0 Å². The maximum Gasteiger partial charge on any atom is 0.00940 e. The second-order valence-electron chi connectivity index (χ2n) is 7.22. The molecule has 0 bridgehead atoms. The predicted molar refractivity (Wildman–Crippen MR) is 91.8 cm³/mol. The number of piperidine rings is 2. The molecule has 3 heteroatoms. The zero-order chi connectivity index (χ0) is 15.1. The number of nitrogens with zero attached hydrogens (tertiary/aromatic N) is 2. The first-order valence-corrected chi connectivity index (χ1v) is 9.43. The van der Waals surface area contributed by atoms with Crippen molar-refractivity contribution in [2.24, 2.45) is 5.92 Å². The van der Waals surface area contributed by atoms with Crippen LogP contribution in [-0.4, -0.2) is 61.2 Å². The molecule has 0 aromatic heterocycles. The maximum atomic E-state index is 3.96. The largest absolute Gasteiger partial charge is 0.311 e. The molecule has 0 spiro atoms. The van der Waals surface area contributed by atoms with Crippen molar-refractivity contribution in [1.82, 2.24) is 15.1 Å². The molecule has 2 aliphatic heterocycles. The van der Waals surface area contributed by atoms with Gasteiger partial charge < -0.3 is 15.1 Å². The van der Waals surface area contributed by atoms with E-state index in [1.807, 2.05) is 0 Å². The molecule has 3 nitrogen and oxygen atoms in total. The van der Waals surface area contributed by atoms with Crippen molar-refractivity contribution in [3.63, 3.8) is 0 Å². The first-order chi connectivity index (χ1) is 10.2. The van der Waals surface area contributed by atoms with E-state index in [0.717, 1.165) is 12.0 Å². The van der Waals surface area contributed by atoms with Gasteiger partial charge in [-0.05, 0) is 77.7 Å². The van der Waals surface area contributed by atoms with E-state index in [1.165, 1.54) is 77.8 Å². The van der Waals surface area contributed by atoms with Gasteiger partial charge in [0.25, 0.3) is 0 Å². The third-order valence-corrected chi connectivity index (χ3v) is 5.61. The Labute approximate surface area is 132 Å². The van der Waals surface area contributed by atoms with E-state index in [9.17, 15) is 0 Å². The van der Waals surface area contributed by atoms with Gasteiger partial charge in [-0.3, -0.25) is 0 Å². The Bertz CT molecular complexity index is 274. The molecule has 1 N–H and O–H groups in total. The van der Waals surface area contributed by atoms with Gasteiger partial charge in [-0.25, -0.2) is 0 Å². The SMILES string of the molecule is CCCCN1CCC(NC(C)C2CCCN(CC)C2)CC1. The number of likely N-dealkylation sites (tertiary alicyclic amines) is 2. The fraction of sp³-hybridized carbons (Fsp3) is 1.00. The molecular formula is C18H37N3. The molecule has 2 unspecified atom stereocenters. The van der Waals surface area contributed by atoms with Crippen LogP contribution in [0.25, 0.3) is 0 Å². The molecule has 0 radical (unpaired) electrons. The predicted octanol–water partition coefficient (Wildman–Crippen LogP) is 2.96. The first kappa shape index (κ1) is 17.2. The van der Waals surface area contributed by atoms with Crippen molar-refractivity contribution in [1.29, 1.82) is 0 Å². The van der Waals surface area contributed by atoms with Gasteiger partial charge in [-0.1, -0.05) is 20.3 Å². The lowest BCUT2D eigenvalue weighted by Gasteiger charge is -2.39. The molecule has 2 heterocycles. The summed E-state index contributed by atoms with van der Waals surface area (Å²) < 4.78 is 0. The molecule has 2 atom stereocenters. The number of unbranched alkanes of at least 4 members (excludes halogenated alkanes) is 1. The Balaban J connectivity index is 1.67. The average Bonchev–Trinajstić information content (AvgIpc) is 2.54. The van der Waals surface area contributed by atoms with Gasteiger partial charge in [0.05, 0.1) is 0 Å². The molecule has 0 saturated carbocycles. The van der Waals surface area contributed by atoms with Crippen LogP contribution in [0.2, 0.25) is 0 Å². The Kier molecular flexibility index (Phi) is 7.48. The summed E-state index contributed by atoms with van der Waals surface area (Å²) in [7, 11) is 0. The molecule has 2 fully saturated rings. The van der Waals surface area contributed by atoms with Crippen LogP contribution in [0.4, 0.5) is 0 Å². The van der Waals surface area contributed by atoms with Crippen molar-refractivity contribution < 1.29 is 0 Å². The molecule has 124 valence electrons. The van der Waals surface area contributed by atoms with Crippen molar-refractivity contribution in [2.75, 3.05) is 39.3 Å². The first-order valence-electron chi connectivity index (χ1n) is 9.43. The second-order valence-corrected chi connectivity index (χ2v) is 7.22. The van der Waals surface area contributed by atoms with Crippen LogP contribution < -0.4 is 5.32 Å². The molecule has 0 aliphatic carbocycles. The summed E-state index contributed by atoms with van der Waals surface area (Å²) >= 11 is 0. The molecule has 21 heavy (non-hydrogen) atoms. The van der Waals surface area contributed by atoms with Crippen molar-refractivity contribution in [3.05, 3.63) is 0 Å². The molecular weight excluding hydrogens is 258 g/mol. The zero-order valence-corrected chi connectivity index (χ0v) is 14.6. The van der Waals surface area contributed by atoms with E-state index < -0.39 is 0 Å². The molecule has 0 aromatic carbocycles. The van der Waals surface area contributed by atoms with Gasteiger partial charge in [0, 0.05) is 18.6 Å². The van der Waals surface area contributed by atoms with E-state index in [2.05, 4.69) is 35.9 Å². The van der Waals surface area contributed by atoms with Gasteiger partial charge in [0.15, 0.2) is 0 Å². The minimum Gasteiger partial charge on any atom is -0.311 e. The summed E-state index contributed by atoms with van der Waals surface area (Å²) in [4.78, 5) is 5.28. The van der Waals surface area contributed by atoms with Crippen LogP contribution >= 0.6 is 0 Å². The van der Waals surface area contributed by atoms with Crippen molar-refractivity contribution >= 4 is 0 Å². The topological polar surface area (TPSA) is 18.5 Å². The van der Waals surface area contributed by atoms with E-state index in [1.54, 1.807) is 0 Å². The van der Waals surface area contributed by atoms with Gasteiger partial charge in [-0.2, -0.15) is 0 Å². The lowest BCUT2D eigenvalue weighted by Crippen LogP contribution is -2.50. The smallest absolute Gasteiger partial charge is 0.00940 e. The third kappa shape index (κ3) is 5.54. The summed E-state index contributed by atoms with van der Waals surface area (Å²) in [6, 6.07) is 1.45. The Morgan fingerprint density at radius 2 is 1.81 bits per heavy atom. The van der Waals surface area contributed by atoms with Crippen LogP contribution in [0.5, 0.6) is 0 Å². The Morgan fingerprint density at radius 3 is 2.48 bits per heavy atom. The minimum atomic E-state index is 0.687. The van der Waals surface area contributed by atoms with Crippen LogP contribution in [0.15, 0.2) is 0 Å². The van der Waals surface area contributed by atoms with E-state index in [4.69, 9.17) is 0 Å². The Morgan fingerprint density at radius 1 is 1.05 bits per heavy atom. The zero-order valence-electron chi connectivity index (χ0n) is 14.6. The summed E-state index contributed by atoms with van der Waals surface area (Å²) in [6.45, 7) is 14.8. The van der Waals surface area contributed by atoms with Crippen LogP contribution in [0, 0.1) is 5.92 Å². The standard InChI is InChI=1S/C18H37N3/c1-4-6-11-21-13-9-18(10-14-21)19-16(3)17-8-7-12-20(5-2)15-17/h16-19H,4-15H2,1-3H3. The summed E-state index contributed by atoms with van der Waals surface area (Å²) in [5.41, 5.74) is 0. The van der Waals surface area contributed by atoms with Gasteiger partial charge in [0.2, 0.25) is 0 Å². The number of nitrogens with one attached hydrogen (secondary N) is 1. The molecule has 0 aromatic rings. The average molecular weight is 296 g/mol. The van der Waals surface area contributed by atoms with E-state index in [0.29, 0.717) is 6.04 Å². The number of hydrogen-bond donors (Lipinski definition) is 1. The van der Waals surface area contributed by atoms with Crippen LogP contribution in [-0.2, 0) is 0 Å². The quantitative estimate of drug-likeness (QED) is 0.779. The third-order valence-electron chi connectivity index (χ3n) is 5.61. The fourth-order valence-electron chi connectivity index (χ4n) is 4.00. The van der Waals surface area contributed by atoms with Gasteiger partial charge in [0.1, 0.15) is 0 Å². The Hall–Kier alpha value is -0.120. The highest BCUT2D eigenvalue weighted by molar-refractivity contribution is 4.85. The van der Waals surface area contributed by atoms with Crippen LogP contribution in [0.3, 0.4) is 0 Å². The monoisotopic (exact) mass is 295 g/mol. The van der Waals surface area contributed by atoms with Crippen LogP contribution in [0.1, 0.15) is 59.3 Å². The highest BCUT2D eigenvalue weighted by atomic mass is 15.2. The number of hydrogen-bond acceptors (Lipinski definition) is 3. The van der Waals surface area contributed by atoms with Crippen molar-refractivity contribution in [2.45, 2.75) is 71.4 Å². The number of rotatable bonds is 7. The summed E-state index contributed by atoms with van der Waals surface area (Å²) in [5.74, 6) is 0.858. The van der Waals surface area contributed by atoms with Gasteiger partial charge in [-0.15, -0.1) is 0 Å².